The van der Waals surface area contributed by atoms with Gasteiger partial charge in [-0.1, -0.05) is 13.8 Å². The van der Waals surface area contributed by atoms with E-state index in [2.05, 4.69) is 60.5 Å². The molecule has 3 aromatic rings. The summed E-state index contributed by atoms with van der Waals surface area (Å²) in [5.41, 5.74) is 3.69. The molecule has 6 nitrogen and oxygen atoms in total. The van der Waals surface area contributed by atoms with Gasteiger partial charge < -0.3 is 4.42 Å². The van der Waals surface area contributed by atoms with E-state index in [1.165, 1.54) is 17.0 Å². The summed E-state index contributed by atoms with van der Waals surface area (Å²) >= 11 is 0. The standard InChI is InChI=1S/C19H27N5O/c1-14(2)16(4)22(11-19-7-6-8-25-19)10-18-9-15(3)24(17(18)5)23-12-20-21-13-23/h6-9,12-14,16H,10-11H2,1-5H3. The van der Waals surface area contributed by atoms with Gasteiger partial charge >= 0.3 is 0 Å². The summed E-state index contributed by atoms with van der Waals surface area (Å²) in [5.74, 6) is 1.57. The van der Waals surface area contributed by atoms with Gasteiger partial charge in [0.25, 0.3) is 0 Å². The van der Waals surface area contributed by atoms with Crippen LogP contribution in [0.1, 0.15) is 43.5 Å². The second-order valence-electron chi connectivity index (χ2n) is 7.02. The monoisotopic (exact) mass is 341 g/mol. The molecular weight excluding hydrogens is 314 g/mol. The minimum absolute atomic E-state index is 0.447. The summed E-state index contributed by atoms with van der Waals surface area (Å²) < 4.78 is 9.64. The van der Waals surface area contributed by atoms with Crippen LogP contribution in [0, 0.1) is 19.8 Å². The highest BCUT2D eigenvalue weighted by molar-refractivity contribution is 5.27. The fourth-order valence-electron chi connectivity index (χ4n) is 3.22. The highest BCUT2D eigenvalue weighted by Crippen LogP contribution is 2.22. The first-order valence-electron chi connectivity index (χ1n) is 8.77. The summed E-state index contributed by atoms with van der Waals surface area (Å²) in [7, 11) is 0. The predicted octanol–water partition coefficient (Wildman–Crippen LogP) is 3.65. The van der Waals surface area contributed by atoms with Crippen molar-refractivity contribution >= 4 is 0 Å². The number of furan rings is 1. The van der Waals surface area contributed by atoms with Crippen molar-refractivity contribution in [2.75, 3.05) is 0 Å². The largest absolute Gasteiger partial charge is 0.468 e. The Labute approximate surface area is 149 Å². The highest BCUT2D eigenvalue weighted by atomic mass is 16.3. The van der Waals surface area contributed by atoms with Gasteiger partial charge in [0.15, 0.2) is 0 Å². The van der Waals surface area contributed by atoms with Crippen LogP contribution in [0.15, 0.2) is 41.5 Å². The molecule has 0 saturated heterocycles. The first kappa shape index (κ1) is 17.5. The Morgan fingerprint density at radius 3 is 2.44 bits per heavy atom. The predicted molar refractivity (Wildman–Crippen MR) is 97.0 cm³/mol. The topological polar surface area (TPSA) is 52.0 Å². The zero-order chi connectivity index (χ0) is 18.0. The van der Waals surface area contributed by atoms with Crippen molar-refractivity contribution in [3.05, 3.63) is 59.8 Å². The van der Waals surface area contributed by atoms with Gasteiger partial charge in [-0.15, -0.1) is 10.2 Å². The molecule has 1 unspecified atom stereocenters. The van der Waals surface area contributed by atoms with E-state index in [1.54, 1.807) is 18.9 Å². The minimum Gasteiger partial charge on any atom is -0.468 e. The third-order valence-electron chi connectivity index (χ3n) is 4.99. The van der Waals surface area contributed by atoms with Crippen LogP contribution in [-0.4, -0.2) is 30.5 Å². The lowest BCUT2D eigenvalue weighted by Gasteiger charge is -2.31. The van der Waals surface area contributed by atoms with Crippen LogP contribution < -0.4 is 0 Å². The molecule has 1 atom stereocenters. The molecule has 0 radical (unpaired) electrons. The van der Waals surface area contributed by atoms with E-state index in [0.717, 1.165) is 18.8 Å². The summed E-state index contributed by atoms with van der Waals surface area (Å²) in [6.45, 7) is 12.8. The van der Waals surface area contributed by atoms with E-state index in [-0.39, 0.29) is 0 Å². The molecule has 0 bridgehead atoms. The van der Waals surface area contributed by atoms with Gasteiger partial charge in [0.2, 0.25) is 0 Å². The Hall–Kier alpha value is -2.34. The van der Waals surface area contributed by atoms with Crippen molar-refractivity contribution in [1.29, 1.82) is 0 Å². The molecule has 0 amide bonds. The number of aromatic nitrogens is 4. The van der Waals surface area contributed by atoms with E-state index in [4.69, 9.17) is 4.42 Å². The summed E-state index contributed by atoms with van der Waals surface area (Å²) in [5, 5.41) is 7.84. The van der Waals surface area contributed by atoms with Gasteiger partial charge in [0.05, 0.1) is 12.8 Å². The van der Waals surface area contributed by atoms with Crippen molar-refractivity contribution in [2.24, 2.45) is 5.92 Å². The second kappa shape index (κ2) is 7.27. The normalized spacial score (nSPS) is 13.1. The number of rotatable bonds is 7. The fourth-order valence-corrected chi connectivity index (χ4v) is 3.22. The third kappa shape index (κ3) is 3.69. The molecule has 3 aromatic heterocycles. The first-order valence-corrected chi connectivity index (χ1v) is 8.77. The van der Waals surface area contributed by atoms with E-state index >= 15 is 0 Å². The molecule has 3 rings (SSSR count). The molecule has 0 aromatic carbocycles. The smallest absolute Gasteiger partial charge is 0.139 e. The minimum atomic E-state index is 0.447. The first-order chi connectivity index (χ1) is 12.0. The fraction of sp³-hybridized carbons (Fsp3) is 0.474. The lowest BCUT2D eigenvalue weighted by Crippen LogP contribution is -2.35. The third-order valence-corrected chi connectivity index (χ3v) is 4.99. The van der Waals surface area contributed by atoms with E-state index in [9.17, 15) is 0 Å². The number of hydrogen-bond donors (Lipinski definition) is 0. The van der Waals surface area contributed by atoms with Gasteiger partial charge in [-0.05, 0) is 50.5 Å². The van der Waals surface area contributed by atoms with Crippen LogP contribution in [-0.2, 0) is 13.1 Å². The number of hydrogen-bond acceptors (Lipinski definition) is 4. The van der Waals surface area contributed by atoms with Crippen LogP contribution >= 0.6 is 0 Å². The molecule has 3 heterocycles. The number of aryl methyl sites for hydroxylation is 1. The highest BCUT2D eigenvalue weighted by Gasteiger charge is 2.21. The Morgan fingerprint density at radius 2 is 1.84 bits per heavy atom. The lowest BCUT2D eigenvalue weighted by molar-refractivity contribution is 0.140. The van der Waals surface area contributed by atoms with Gasteiger partial charge in [-0.3, -0.25) is 9.58 Å². The zero-order valence-electron chi connectivity index (χ0n) is 15.7. The van der Waals surface area contributed by atoms with E-state index < -0.39 is 0 Å². The average molecular weight is 341 g/mol. The molecule has 0 N–H and O–H groups in total. The summed E-state index contributed by atoms with van der Waals surface area (Å²) in [6, 6.07) is 6.69. The SMILES string of the molecule is Cc1cc(CN(Cc2ccco2)C(C)C(C)C)c(C)n1-n1cnnc1. The van der Waals surface area contributed by atoms with Gasteiger partial charge in [0, 0.05) is 24.0 Å². The maximum atomic E-state index is 5.58. The second-order valence-corrected chi connectivity index (χ2v) is 7.02. The lowest BCUT2D eigenvalue weighted by atomic mass is 10.0. The van der Waals surface area contributed by atoms with E-state index in [1.807, 2.05) is 16.8 Å². The van der Waals surface area contributed by atoms with Crippen LogP contribution in [0.25, 0.3) is 0 Å². The Balaban J connectivity index is 1.88. The Kier molecular flexibility index (Phi) is 5.08. The molecule has 6 heteroatoms. The molecule has 0 spiro atoms. The molecule has 0 aliphatic heterocycles. The van der Waals surface area contributed by atoms with Gasteiger partial charge in [-0.2, -0.15) is 0 Å². The molecule has 0 fully saturated rings. The van der Waals surface area contributed by atoms with Crippen molar-refractivity contribution in [1.82, 2.24) is 24.4 Å². The molecule has 0 aliphatic rings. The number of nitrogens with zero attached hydrogens (tertiary/aromatic N) is 5. The molecule has 0 saturated carbocycles. The molecular formula is C19H27N5O. The van der Waals surface area contributed by atoms with Gasteiger partial charge in [-0.25, -0.2) is 4.68 Å². The maximum absolute atomic E-state index is 5.58. The van der Waals surface area contributed by atoms with E-state index in [0.29, 0.717) is 12.0 Å². The summed E-state index contributed by atoms with van der Waals surface area (Å²) in [4.78, 5) is 2.47. The zero-order valence-corrected chi connectivity index (χ0v) is 15.7. The summed E-state index contributed by atoms with van der Waals surface area (Å²) in [6.07, 6.45) is 5.19. The molecule has 134 valence electrons. The van der Waals surface area contributed by atoms with Crippen LogP contribution in [0.3, 0.4) is 0 Å². The van der Waals surface area contributed by atoms with Crippen molar-refractivity contribution < 1.29 is 4.42 Å². The van der Waals surface area contributed by atoms with Crippen LogP contribution in [0.2, 0.25) is 0 Å². The van der Waals surface area contributed by atoms with Gasteiger partial charge in [0.1, 0.15) is 18.4 Å². The van der Waals surface area contributed by atoms with Crippen molar-refractivity contribution in [3.63, 3.8) is 0 Å². The van der Waals surface area contributed by atoms with Crippen molar-refractivity contribution in [3.8, 4) is 0 Å². The van der Waals surface area contributed by atoms with Crippen LogP contribution in [0.5, 0.6) is 0 Å². The molecule has 0 aliphatic carbocycles. The molecule has 25 heavy (non-hydrogen) atoms. The van der Waals surface area contributed by atoms with Crippen molar-refractivity contribution in [2.45, 2.75) is 53.8 Å². The Morgan fingerprint density at radius 1 is 1.12 bits per heavy atom. The Bertz CT molecular complexity index is 786. The van der Waals surface area contributed by atoms with Crippen LogP contribution in [0.4, 0.5) is 0 Å². The maximum Gasteiger partial charge on any atom is 0.139 e. The quantitative estimate of drug-likeness (QED) is 0.658. The average Bonchev–Trinajstić information content (AvgIpc) is 3.29.